The Morgan fingerprint density at radius 1 is 1.21 bits per heavy atom. The molecule has 0 radical (unpaired) electrons. The maximum atomic E-state index is 4.38. The molecule has 0 aromatic carbocycles. The van der Waals surface area contributed by atoms with E-state index < -0.39 is 0 Å². The second-order valence-electron chi connectivity index (χ2n) is 4.99. The Bertz CT molecular complexity index is 561. The van der Waals surface area contributed by atoms with E-state index in [1.54, 1.807) is 6.33 Å². The van der Waals surface area contributed by atoms with Gasteiger partial charge in [-0.3, -0.25) is 0 Å². The molecule has 1 aliphatic carbocycles. The smallest absolute Gasteiger partial charge is 0.132 e. The normalized spacial score (nSPS) is 14.2. The Morgan fingerprint density at radius 3 is 2.95 bits per heavy atom. The molecule has 0 saturated carbocycles. The van der Waals surface area contributed by atoms with Crippen molar-refractivity contribution < 1.29 is 0 Å². The minimum Gasteiger partial charge on any atom is -0.369 e. The molecule has 0 bridgehead atoms. The van der Waals surface area contributed by atoms with Crippen LogP contribution in [0, 0.1) is 0 Å². The number of fused-ring (bicyclic) bond motifs is 1. The molecule has 1 aliphatic rings. The lowest BCUT2D eigenvalue weighted by Crippen LogP contribution is -2.14. The number of imidazole rings is 1. The van der Waals surface area contributed by atoms with Crippen molar-refractivity contribution >= 4 is 5.82 Å². The van der Waals surface area contributed by atoms with Crippen molar-refractivity contribution in [1.29, 1.82) is 0 Å². The highest BCUT2D eigenvalue weighted by molar-refractivity contribution is 5.46. The van der Waals surface area contributed by atoms with Crippen LogP contribution in [0.15, 0.2) is 18.7 Å². The van der Waals surface area contributed by atoms with Crippen molar-refractivity contribution in [3.05, 3.63) is 35.8 Å². The van der Waals surface area contributed by atoms with Gasteiger partial charge in [0.1, 0.15) is 18.0 Å². The lowest BCUT2D eigenvalue weighted by molar-refractivity contribution is 0.663. The van der Waals surface area contributed by atoms with Crippen LogP contribution in [0.5, 0.6) is 0 Å². The molecule has 2 heterocycles. The number of nitrogens with one attached hydrogen (secondary N) is 1. The van der Waals surface area contributed by atoms with Gasteiger partial charge in [0.2, 0.25) is 0 Å². The van der Waals surface area contributed by atoms with E-state index in [2.05, 4.69) is 24.8 Å². The Morgan fingerprint density at radius 2 is 2.11 bits per heavy atom. The average Bonchev–Trinajstić information content (AvgIpc) is 2.85. The van der Waals surface area contributed by atoms with E-state index >= 15 is 0 Å². The van der Waals surface area contributed by atoms with Crippen LogP contribution >= 0.6 is 0 Å². The minimum absolute atomic E-state index is 0.855. The summed E-state index contributed by atoms with van der Waals surface area (Å²) >= 11 is 0. The van der Waals surface area contributed by atoms with Crippen LogP contribution in [-0.4, -0.2) is 26.1 Å². The molecule has 5 nitrogen and oxygen atoms in total. The van der Waals surface area contributed by atoms with Gasteiger partial charge >= 0.3 is 0 Å². The first-order valence-electron chi connectivity index (χ1n) is 6.87. The largest absolute Gasteiger partial charge is 0.369 e. The average molecular weight is 257 g/mol. The fourth-order valence-electron chi connectivity index (χ4n) is 2.60. The standard InChI is InChI=1S/C14H19N5/c1-19-9-8-15-13(19)6-7-16-14-11-4-2-3-5-12(11)17-10-18-14/h8-10H,2-7H2,1H3,(H,16,17,18). The molecule has 0 amide bonds. The van der Waals surface area contributed by atoms with Crippen molar-refractivity contribution in [2.45, 2.75) is 32.1 Å². The number of hydrogen-bond acceptors (Lipinski definition) is 4. The maximum absolute atomic E-state index is 4.38. The van der Waals surface area contributed by atoms with Gasteiger partial charge in [0.25, 0.3) is 0 Å². The van der Waals surface area contributed by atoms with Crippen LogP contribution in [0.25, 0.3) is 0 Å². The van der Waals surface area contributed by atoms with Crippen molar-refractivity contribution in [2.24, 2.45) is 7.05 Å². The molecule has 0 saturated heterocycles. The summed E-state index contributed by atoms with van der Waals surface area (Å²) in [4.78, 5) is 13.1. The van der Waals surface area contributed by atoms with Gasteiger partial charge in [-0.2, -0.15) is 0 Å². The first-order chi connectivity index (χ1) is 9.34. The van der Waals surface area contributed by atoms with Crippen molar-refractivity contribution in [2.75, 3.05) is 11.9 Å². The predicted octanol–water partition coefficient (Wildman–Crippen LogP) is 1.74. The van der Waals surface area contributed by atoms with E-state index in [-0.39, 0.29) is 0 Å². The molecule has 0 fully saturated rings. The second kappa shape index (κ2) is 5.38. The number of aromatic nitrogens is 4. The fourth-order valence-corrected chi connectivity index (χ4v) is 2.60. The molecule has 0 atom stereocenters. The van der Waals surface area contributed by atoms with Gasteiger partial charge < -0.3 is 9.88 Å². The number of nitrogens with zero attached hydrogens (tertiary/aromatic N) is 4. The number of aryl methyl sites for hydroxylation is 2. The Kier molecular flexibility index (Phi) is 3.44. The third-order valence-electron chi connectivity index (χ3n) is 3.69. The van der Waals surface area contributed by atoms with Crippen LogP contribution in [0.2, 0.25) is 0 Å². The van der Waals surface area contributed by atoms with Crippen LogP contribution in [-0.2, 0) is 26.3 Å². The zero-order chi connectivity index (χ0) is 13.1. The number of anilines is 1. The lowest BCUT2D eigenvalue weighted by Gasteiger charge is -2.17. The van der Waals surface area contributed by atoms with Crippen LogP contribution < -0.4 is 5.32 Å². The van der Waals surface area contributed by atoms with E-state index in [9.17, 15) is 0 Å². The minimum atomic E-state index is 0.855. The molecule has 0 spiro atoms. The lowest BCUT2D eigenvalue weighted by atomic mass is 9.96. The third kappa shape index (κ3) is 2.59. The first kappa shape index (κ1) is 12.1. The molecule has 3 rings (SSSR count). The highest BCUT2D eigenvalue weighted by atomic mass is 15.1. The third-order valence-corrected chi connectivity index (χ3v) is 3.69. The Balaban J connectivity index is 1.66. The topological polar surface area (TPSA) is 55.6 Å². The van der Waals surface area contributed by atoms with Crippen LogP contribution in [0.1, 0.15) is 29.9 Å². The zero-order valence-corrected chi connectivity index (χ0v) is 11.3. The Hall–Kier alpha value is -1.91. The SMILES string of the molecule is Cn1ccnc1CCNc1ncnc2c1CCCC2. The molecule has 5 heteroatoms. The van der Waals surface area contributed by atoms with E-state index in [4.69, 9.17) is 0 Å². The highest BCUT2D eigenvalue weighted by Gasteiger charge is 2.15. The van der Waals surface area contributed by atoms with Gasteiger partial charge in [0.15, 0.2) is 0 Å². The summed E-state index contributed by atoms with van der Waals surface area (Å²) in [5.74, 6) is 2.11. The quantitative estimate of drug-likeness (QED) is 0.906. The summed E-state index contributed by atoms with van der Waals surface area (Å²) in [6.07, 6.45) is 11.1. The summed E-state index contributed by atoms with van der Waals surface area (Å²) in [5, 5.41) is 3.43. The summed E-state index contributed by atoms with van der Waals surface area (Å²) in [7, 11) is 2.02. The molecule has 100 valence electrons. The van der Waals surface area contributed by atoms with Crippen LogP contribution in [0.3, 0.4) is 0 Å². The first-order valence-corrected chi connectivity index (χ1v) is 6.87. The van der Waals surface area contributed by atoms with Gasteiger partial charge in [-0.25, -0.2) is 15.0 Å². The van der Waals surface area contributed by atoms with Gasteiger partial charge in [-0.1, -0.05) is 0 Å². The second-order valence-corrected chi connectivity index (χ2v) is 4.99. The zero-order valence-electron chi connectivity index (χ0n) is 11.3. The van der Waals surface area contributed by atoms with Crippen molar-refractivity contribution in [3.63, 3.8) is 0 Å². The van der Waals surface area contributed by atoms with E-state index in [1.165, 1.54) is 24.1 Å². The molecular weight excluding hydrogens is 238 g/mol. The van der Waals surface area contributed by atoms with E-state index in [1.807, 2.05) is 19.4 Å². The van der Waals surface area contributed by atoms with Crippen molar-refractivity contribution in [1.82, 2.24) is 19.5 Å². The molecular formula is C14H19N5. The maximum Gasteiger partial charge on any atom is 0.132 e. The summed E-state index contributed by atoms with van der Waals surface area (Å²) in [5.41, 5.74) is 2.54. The molecule has 1 N–H and O–H groups in total. The van der Waals surface area contributed by atoms with Gasteiger partial charge in [0.05, 0.1) is 0 Å². The molecule has 2 aromatic heterocycles. The van der Waals surface area contributed by atoms with Gasteiger partial charge in [-0.05, 0) is 25.7 Å². The summed E-state index contributed by atoms with van der Waals surface area (Å²) < 4.78 is 2.05. The molecule has 0 aliphatic heterocycles. The van der Waals surface area contributed by atoms with E-state index in [0.717, 1.165) is 37.4 Å². The molecule has 2 aromatic rings. The highest BCUT2D eigenvalue weighted by Crippen LogP contribution is 2.24. The van der Waals surface area contributed by atoms with Crippen LogP contribution in [0.4, 0.5) is 5.82 Å². The molecule has 0 unspecified atom stereocenters. The summed E-state index contributed by atoms with van der Waals surface area (Å²) in [6.45, 7) is 0.855. The fraction of sp³-hybridized carbons (Fsp3) is 0.500. The number of hydrogen-bond donors (Lipinski definition) is 1. The van der Waals surface area contributed by atoms with Gasteiger partial charge in [0, 0.05) is 43.7 Å². The van der Waals surface area contributed by atoms with Crippen molar-refractivity contribution in [3.8, 4) is 0 Å². The van der Waals surface area contributed by atoms with Gasteiger partial charge in [-0.15, -0.1) is 0 Å². The molecule has 19 heavy (non-hydrogen) atoms. The van der Waals surface area contributed by atoms with E-state index in [0.29, 0.717) is 0 Å². The Labute approximate surface area is 113 Å². The predicted molar refractivity (Wildman–Crippen MR) is 74.1 cm³/mol. The number of rotatable bonds is 4. The monoisotopic (exact) mass is 257 g/mol. The summed E-state index contributed by atoms with van der Waals surface area (Å²) in [6, 6.07) is 0.